The molecule has 0 amide bonds. The third-order valence-electron chi connectivity index (χ3n) is 2.99. The predicted molar refractivity (Wildman–Crippen MR) is 57.8 cm³/mol. The molecule has 0 saturated carbocycles. The van der Waals surface area contributed by atoms with Crippen LogP contribution in [-0.2, 0) is 12.8 Å². The molecule has 0 spiro atoms. The Bertz CT molecular complexity index is 341. The Morgan fingerprint density at radius 1 is 1.60 bits per heavy atom. The summed E-state index contributed by atoms with van der Waals surface area (Å²) in [5, 5.41) is 0. The van der Waals surface area contributed by atoms with E-state index in [1.54, 1.807) is 7.11 Å². The molecule has 1 aromatic heterocycles. The lowest BCUT2D eigenvalue weighted by molar-refractivity contribution is 0.368. The zero-order valence-electron chi connectivity index (χ0n) is 9.07. The van der Waals surface area contributed by atoms with E-state index in [1.807, 2.05) is 6.20 Å². The molecule has 15 heavy (non-hydrogen) atoms. The van der Waals surface area contributed by atoms with Gasteiger partial charge in [-0.15, -0.1) is 0 Å². The molecule has 0 radical (unpaired) electrons. The van der Waals surface area contributed by atoms with E-state index >= 15 is 0 Å². The molecule has 82 valence electrons. The molecule has 0 fully saturated rings. The molecule has 1 aliphatic carbocycles. The van der Waals surface area contributed by atoms with Crippen LogP contribution in [0.5, 0.6) is 6.01 Å². The zero-order valence-corrected chi connectivity index (χ0v) is 9.07. The van der Waals surface area contributed by atoms with E-state index in [1.165, 1.54) is 12.0 Å². The first-order valence-electron chi connectivity index (χ1n) is 5.42. The Kier molecular flexibility index (Phi) is 3.16. The Morgan fingerprint density at radius 3 is 3.20 bits per heavy atom. The van der Waals surface area contributed by atoms with Crippen molar-refractivity contribution in [3.8, 4) is 6.01 Å². The normalized spacial score (nSPS) is 19.7. The van der Waals surface area contributed by atoms with Gasteiger partial charge in [-0.3, -0.25) is 0 Å². The van der Waals surface area contributed by atoms with Crippen molar-refractivity contribution in [1.82, 2.24) is 9.97 Å². The van der Waals surface area contributed by atoms with Crippen LogP contribution in [0.3, 0.4) is 0 Å². The van der Waals surface area contributed by atoms with Crippen LogP contribution in [0.15, 0.2) is 6.20 Å². The largest absolute Gasteiger partial charge is 0.467 e. The molecule has 0 bridgehead atoms. The Balaban J connectivity index is 2.16. The number of methoxy groups -OCH3 is 1. The maximum absolute atomic E-state index is 5.58. The molecule has 2 rings (SSSR count). The number of ether oxygens (including phenoxy) is 1. The Labute approximate surface area is 89.9 Å². The van der Waals surface area contributed by atoms with Gasteiger partial charge in [-0.25, -0.2) is 4.98 Å². The van der Waals surface area contributed by atoms with Crippen LogP contribution in [-0.4, -0.2) is 23.6 Å². The summed E-state index contributed by atoms with van der Waals surface area (Å²) < 4.78 is 5.03. The van der Waals surface area contributed by atoms with Crippen molar-refractivity contribution in [3.63, 3.8) is 0 Å². The average molecular weight is 207 g/mol. The predicted octanol–water partition coefficient (Wildman–Crippen LogP) is 0.939. The van der Waals surface area contributed by atoms with E-state index in [-0.39, 0.29) is 0 Å². The number of nitrogens with zero attached hydrogens (tertiary/aromatic N) is 2. The fourth-order valence-corrected chi connectivity index (χ4v) is 2.12. The van der Waals surface area contributed by atoms with E-state index in [2.05, 4.69) is 9.97 Å². The molecular weight excluding hydrogens is 190 g/mol. The Morgan fingerprint density at radius 2 is 2.47 bits per heavy atom. The van der Waals surface area contributed by atoms with E-state index < -0.39 is 0 Å². The smallest absolute Gasteiger partial charge is 0.316 e. The lowest BCUT2D eigenvalue weighted by Crippen LogP contribution is -2.19. The number of fused-ring (bicyclic) bond motifs is 1. The van der Waals surface area contributed by atoms with Crippen LogP contribution in [0.25, 0.3) is 0 Å². The second kappa shape index (κ2) is 4.57. The third kappa shape index (κ3) is 2.26. The number of hydrogen-bond donors (Lipinski definition) is 1. The highest BCUT2D eigenvalue weighted by atomic mass is 16.5. The number of aromatic nitrogens is 2. The number of hydrogen-bond acceptors (Lipinski definition) is 4. The van der Waals surface area contributed by atoms with E-state index in [0.717, 1.165) is 31.5 Å². The minimum absolute atomic E-state index is 0.474. The molecule has 1 aliphatic rings. The fraction of sp³-hybridized carbons (Fsp3) is 0.636. The van der Waals surface area contributed by atoms with Crippen molar-refractivity contribution in [2.75, 3.05) is 13.7 Å². The van der Waals surface area contributed by atoms with Crippen molar-refractivity contribution in [3.05, 3.63) is 17.5 Å². The highest BCUT2D eigenvalue weighted by Crippen LogP contribution is 2.26. The maximum Gasteiger partial charge on any atom is 0.316 e. The summed E-state index contributed by atoms with van der Waals surface area (Å²) in [5.74, 6) is 0.683. The second-order valence-electron chi connectivity index (χ2n) is 4.01. The first-order valence-corrected chi connectivity index (χ1v) is 5.42. The third-order valence-corrected chi connectivity index (χ3v) is 2.99. The zero-order chi connectivity index (χ0) is 10.7. The Hall–Kier alpha value is -1.16. The molecule has 0 aromatic carbocycles. The van der Waals surface area contributed by atoms with Crippen LogP contribution in [0.1, 0.15) is 24.1 Å². The van der Waals surface area contributed by atoms with Gasteiger partial charge in [-0.2, -0.15) is 4.98 Å². The van der Waals surface area contributed by atoms with Gasteiger partial charge in [0.25, 0.3) is 0 Å². The highest BCUT2D eigenvalue weighted by molar-refractivity contribution is 5.22. The number of nitrogens with two attached hydrogens (primary N) is 1. The van der Waals surface area contributed by atoms with Gasteiger partial charge in [0.05, 0.1) is 12.8 Å². The van der Waals surface area contributed by atoms with Crippen LogP contribution in [0.2, 0.25) is 0 Å². The molecule has 4 nitrogen and oxygen atoms in total. The lowest BCUT2D eigenvalue weighted by atomic mass is 9.85. The molecule has 1 atom stereocenters. The van der Waals surface area contributed by atoms with Crippen molar-refractivity contribution < 1.29 is 4.74 Å². The standard InChI is InChI=1S/C11H17N3O/c1-15-11-13-7-9-3-2-8(4-5-12)6-10(9)14-11/h7-8H,2-6,12H2,1H3. The molecule has 1 heterocycles. The quantitative estimate of drug-likeness (QED) is 0.801. The SMILES string of the molecule is COc1ncc2c(n1)CC(CCN)CC2. The number of rotatable bonds is 3. The van der Waals surface area contributed by atoms with Gasteiger partial charge in [-0.1, -0.05) is 0 Å². The molecule has 1 aromatic rings. The van der Waals surface area contributed by atoms with Crippen molar-refractivity contribution in [2.45, 2.75) is 25.7 Å². The summed E-state index contributed by atoms with van der Waals surface area (Å²) in [6.45, 7) is 0.766. The highest BCUT2D eigenvalue weighted by Gasteiger charge is 2.20. The molecule has 1 unspecified atom stereocenters. The molecule has 0 aliphatic heterocycles. The first-order chi connectivity index (χ1) is 7.33. The van der Waals surface area contributed by atoms with E-state index in [0.29, 0.717) is 11.9 Å². The van der Waals surface area contributed by atoms with Crippen LogP contribution in [0.4, 0.5) is 0 Å². The fourth-order valence-electron chi connectivity index (χ4n) is 2.12. The van der Waals surface area contributed by atoms with Crippen LogP contribution < -0.4 is 10.5 Å². The van der Waals surface area contributed by atoms with Gasteiger partial charge in [-0.05, 0) is 43.7 Å². The van der Waals surface area contributed by atoms with Gasteiger partial charge < -0.3 is 10.5 Å². The molecular formula is C11H17N3O. The van der Waals surface area contributed by atoms with Crippen molar-refractivity contribution in [2.24, 2.45) is 11.7 Å². The van der Waals surface area contributed by atoms with Gasteiger partial charge in [0.1, 0.15) is 0 Å². The maximum atomic E-state index is 5.58. The van der Waals surface area contributed by atoms with Gasteiger partial charge >= 0.3 is 6.01 Å². The summed E-state index contributed by atoms with van der Waals surface area (Å²) in [7, 11) is 1.60. The van der Waals surface area contributed by atoms with E-state index in [9.17, 15) is 0 Å². The van der Waals surface area contributed by atoms with Crippen molar-refractivity contribution >= 4 is 0 Å². The summed E-state index contributed by atoms with van der Waals surface area (Å²) in [6, 6.07) is 0.474. The number of aryl methyl sites for hydroxylation is 1. The van der Waals surface area contributed by atoms with Crippen molar-refractivity contribution in [1.29, 1.82) is 0 Å². The lowest BCUT2D eigenvalue weighted by Gasteiger charge is -2.22. The summed E-state index contributed by atoms with van der Waals surface area (Å²) in [4.78, 5) is 8.51. The second-order valence-corrected chi connectivity index (χ2v) is 4.01. The first kappa shape index (κ1) is 10.4. The summed E-state index contributed by atoms with van der Waals surface area (Å²) in [6.07, 6.45) is 6.28. The minimum Gasteiger partial charge on any atom is -0.467 e. The summed E-state index contributed by atoms with van der Waals surface area (Å²) in [5.41, 5.74) is 7.99. The molecule has 2 N–H and O–H groups in total. The van der Waals surface area contributed by atoms with Gasteiger partial charge in [0.2, 0.25) is 0 Å². The van der Waals surface area contributed by atoms with Crippen LogP contribution in [0, 0.1) is 5.92 Å². The monoisotopic (exact) mass is 207 g/mol. The van der Waals surface area contributed by atoms with E-state index in [4.69, 9.17) is 10.5 Å². The molecule has 4 heteroatoms. The topological polar surface area (TPSA) is 61.0 Å². The minimum atomic E-state index is 0.474. The summed E-state index contributed by atoms with van der Waals surface area (Å²) >= 11 is 0. The average Bonchev–Trinajstić information content (AvgIpc) is 2.28. The van der Waals surface area contributed by atoms with Gasteiger partial charge in [0.15, 0.2) is 0 Å². The van der Waals surface area contributed by atoms with Crippen LogP contribution >= 0.6 is 0 Å². The molecule has 0 saturated heterocycles. The van der Waals surface area contributed by atoms with Gasteiger partial charge in [0, 0.05) is 6.20 Å².